The lowest BCUT2D eigenvalue weighted by Crippen LogP contribution is -2.39. The molecule has 1 atom stereocenters. The highest BCUT2D eigenvalue weighted by Crippen LogP contribution is 2.34. The zero-order valence-electron chi connectivity index (χ0n) is 18.1. The van der Waals surface area contributed by atoms with Crippen LogP contribution in [-0.2, 0) is 5.75 Å². The van der Waals surface area contributed by atoms with Gasteiger partial charge in [-0.2, -0.15) is 0 Å². The molecule has 0 N–H and O–H groups in total. The first kappa shape index (κ1) is 21.2. The Morgan fingerprint density at radius 3 is 2.94 bits per heavy atom. The van der Waals surface area contributed by atoms with Crippen LogP contribution in [0.25, 0.3) is 10.2 Å². The second-order valence-electron chi connectivity index (χ2n) is 8.06. The van der Waals surface area contributed by atoms with Gasteiger partial charge in [0.25, 0.3) is 5.91 Å². The van der Waals surface area contributed by atoms with E-state index in [0.717, 1.165) is 52.0 Å². The number of pyridine rings is 1. The number of carbonyl (C=O) groups is 1. The molecule has 0 bridgehead atoms. The standard InChI is InChI=1S/C24H24N4O2S2/c1-15-19(16(2)30-27-15)14-31-23-18(8-5-11-25-23)24(29)28-12-6-7-17(13-28)22-26-20-9-3-4-10-21(20)32-22/h3-5,8-11,17H,6-7,12-14H2,1-2H3/t17-/m0/s1. The molecule has 1 aliphatic heterocycles. The lowest BCUT2D eigenvalue weighted by molar-refractivity contribution is 0.0702. The van der Waals surface area contributed by atoms with Gasteiger partial charge >= 0.3 is 0 Å². The van der Waals surface area contributed by atoms with Gasteiger partial charge in [0.2, 0.25) is 0 Å². The van der Waals surface area contributed by atoms with Crippen LogP contribution in [0.1, 0.15) is 51.1 Å². The second-order valence-corrected chi connectivity index (χ2v) is 10.1. The summed E-state index contributed by atoms with van der Waals surface area (Å²) in [5.41, 5.74) is 3.65. The number of hydrogen-bond donors (Lipinski definition) is 0. The highest BCUT2D eigenvalue weighted by molar-refractivity contribution is 7.98. The summed E-state index contributed by atoms with van der Waals surface area (Å²) in [7, 11) is 0. The summed E-state index contributed by atoms with van der Waals surface area (Å²) in [6, 6.07) is 12.0. The van der Waals surface area contributed by atoms with Crippen molar-refractivity contribution in [2.45, 2.75) is 43.4 Å². The number of nitrogens with zero attached hydrogens (tertiary/aromatic N) is 4. The Balaban J connectivity index is 1.33. The molecule has 0 radical (unpaired) electrons. The molecule has 0 aliphatic carbocycles. The van der Waals surface area contributed by atoms with Crippen LogP contribution >= 0.6 is 23.1 Å². The van der Waals surface area contributed by atoms with E-state index in [1.807, 2.05) is 43.0 Å². The number of thioether (sulfide) groups is 1. The Morgan fingerprint density at radius 1 is 1.25 bits per heavy atom. The van der Waals surface area contributed by atoms with Crippen molar-refractivity contribution in [3.8, 4) is 0 Å². The smallest absolute Gasteiger partial charge is 0.256 e. The summed E-state index contributed by atoms with van der Waals surface area (Å²) in [6.45, 7) is 5.31. The molecule has 4 aromatic rings. The number of thiazole rings is 1. The summed E-state index contributed by atoms with van der Waals surface area (Å²) in [6.07, 6.45) is 3.78. The molecule has 0 spiro atoms. The van der Waals surface area contributed by atoms with Crippen molar-refractivity contribution in [1.82, 2.24) is 20.0 Å². The molecule has 4 heterocycles. The maximum Gasteiger partial charge on any atom is 0.256 e. The monoisotopic (exact) mass is 464 g/mol. The lowest BCUT2D eigenvalue weighted by atomic mass is 9.98. The molecule has 3 aromatic heterocycles. The predicted molar refractivity (Wildman–Crippen MR) is 127 cm³/mol. The Hall–Kier alpha value is -2.71. The van der Waals surface area contributed by atoms with Crippen LogP contribution < -0.4 is 0 Å². The fourth-order valence-electron chi connectivity index (χ4n) is 4.12. The van der Waals surface area contributed by atoms with Crippen molar-refractivity contribution < 1.29 is 9.32 Å². The van der Waals surface area contributed by atoms with Crippen LogP contribution in [0, 0.1) is 13.8 Å². The number of para-hydroxylation sites is 1. The molecule has 1 aliphatic rings. The Kier molecular flexibility index (Phi) is 5.97. The van der Waals surface area contributed by atoms with Crippen molar-refractivity contribution in [1.29, 1.82) is 0 Å². The van der Waals surface area contributed by atoms with Gasteiger partial charge in [0.1, 0.15) is 10.8 Å². The number of likely N-dealkylation sites (tertiary alicyclic amines) is 1. The van der Waals surface area contributed by atoms with Crippen LogP contribution in [0.3, 0.4) is 0 Å². The fraction of sp³-hybridized carbons (Fsp3) is 0.333. The maximum atomic E-state index is 13.5. The highest BCUT2D eigenvalue weighted by Gasteiger charge is 2.29. The number of aromatic nitrogens is 3. The number of aryl methyl sites for hydroxylation is 2. The average Bonchev–Trinajstić information content (AvgIpc) is 3.40. The highest BCUT2D eigenvalue weighted by atomic mass is 32.2. The molecule has 1 saturated heterocycles. The van der Waals surface area contributed by atoms with Crippen LogP contribution in [0.4, 0.5) is 0 Å². The molecule has 164 valence electrons. The number of benzene rings is 1. The van der Waals surface area contributed by atoms with E-state index in [-0.39, 0.29) is 11.8 Å². The summed E-state index contributed by atoms with van der Waals surface area (Å²) in [5, 5.41) is 5.90. The van der Waals surface area contributed by atoms with E-state index in [1.54, 1.807) is 29.3 Å². The normalized spacial score (nSPS) is 16.6. The molecule has 8 heteroatoms. The molecule has 0 unspecified atom stereocenters. The average molecular weight is 465 g/mol. The second kappa shape index (κ2) is 9.03. The Bertz CT molecular complexity index is 1210. The van der Waals surface area contributed by atoms with Crippen molar-refractivity contribution in [3.63, 3.8) is 0 Å². The molecule has 5 rings (SSSR count). The van der Waals surface area contributed by atoms with Gasteiger partial charge in [-0.05, 0) is 51.0 Å². The molecule has 1 aromatic carbocycles. The SMILES string of the molecule is Cc1noc(C)c1CSc1ncccc1C(=O)N1CCC[C@H](c2nc3ccccc3s2)C1. The summed E-state index contributed by atoms with van der Waals surface area (Å²) < 4.78 is 6.47. The van der Waals surface area contributed by atoms with Crippen LogP contribution in [-0.4, -0.2) is 39.0 Å². The van der Waals surface area contributed by atoms with E-state index >= 15 is 0 Å². The van der Waals surface area contributed by atoms with E-state index in [9.17, 15) is 4.79 Å². The number of hydrogen-bond acceptors (Lipinski definition) is 7. The van der Waals surface area contributed by atoms with E-state index < -0.39 is 0 Å². The number of carbonyl (C=O) groups excluding carboxylic acids is 1. The molecule has 32 heavy (non-hydrogen) atoms. The number of amides is 1. The zero-order chi connectivity index (χ0) is 22.1. The minimum atomic E-state index is 0.0465. The Morgan fingerprint density at radius 2 is 2.12 bits per heavy atom. The molecule has 1 fully saturated rings. The van der Waals surface area contributed by atoms with E-state index in [2.05, 4.69) is 22.3 Å². The van der Waals surface area contributed by atoms with E-state index in [0.29, 0.717) is 17.9 Å². The van der Waals surface area contributed by atoms with Gasteiger partial charge in [0.05, 0.1) is 26.5 Å². The van der Waals surface area contributed by atoms with Gasteiger partial charge < -0.3 is 9.42 Å². The summed E-state index contributed by atoms with van der Waals surface area (Å²) >= 11 is 3.30. The van der Waals surface area contributed by atoms with Crippen LogP contribution in [0.15, 0.2) is 52.1 Å². The minimum Gasteiger partial charge on any atom is -0.361 e. The molecule has 0 saturated carbocycles. The predicted octanol–water partition coefficient (Wildman–Crippen LogP) is 5.61. The van der Waals surface area contributed by atoms with Gasteiger partial charge in [0, 0.05) is 36.5 Å². The van der Waals surface area contributed by atoms with Gasteiger partial charge in [0.15, 0.2) is 0 Å². The third-order valence-electron chi connectivity index (χ3n) is 5.90. The first-order chi connectivity index (χ1) is 15.6. The first-order valence-electron chi connectivity index (χ1n) is 10.7. The molecule has 6 nitrogen and oxygen atoms in total. The van der Waals surface area contributed by atoms with E-state index in [4.69, 9.17) is 9.51 Å². The van der Waals surface area contributed by atoms with Gasteiger partial charge in [-0.3, -0.25) is 4.79 Å². The number of piperidine rings is 1. The summed E-state index contributed by atoms with van der Waals surface area (Å²) in [5.74, 6) is 1.81. The topological polar surface area (TPSA) is 72.1 Å². The van der Waals surface area contributed by atoms with Crippen molar-refractivity contribution in [2.24, 2.45) is 0 Å². The number of fused-ring (bicyclic) bond motifs is 1. The molecular formula is C24H24N4O2S2. The molecule has 1 amide bonds. The zero-order valence-corrected chi connectivity index (χ0v) is 19.7. The van der Waals surface area contributed by atoms with Crippen molar-refractivity contribution >= 4 is 39.2 Å². The largest absolute Gasteiger partial charge is 0.361 e. The van der Waals surface area contributed by atoms with E-state index in [1.165, 1.54) is 4.70 Å². The minimum absolute atomic E-state index is 0.0465. The fourth-order valence-corrected chi connectivity index (χ4v) is 6.35. The maximum absolute atomic E-state index is 13.5. The first-order valence-corrected chi connectivity index (χ1v) is 12.5. The van der Waals surface area contributed by atoms with Crippen molar-refractivity contribution in [3.05, 3.63) is 70.2 Å². The number of rotatable bonds is 5. The third kappa shape index (κ3) is 4.17. The quantitative estimate of drug-likeness (QED) is 0.358. The van der Waals surface area contributed by atoms with Crippen LogP contribution in [0.5, 0.6) is 0 Å². The van der Waals surface area contributed by atoms with Crippen molar-refractivity contribution in [2.75, 3.05) is 13.1 Å². The molecular weight excluding hydrogens is 440 g/mol. The Labute approximate surface area is 195 Å². The van der Waals surface area contributed by atoms with Gasteiger partial charge in [-0.15, -0.1) is 23.1 Å². The van der Waals surface area contributed by atoms with Crippen LogP contribution in [0.2, 0.25) is 0 Å². The van der Waals surface area contributed by atoms with Gasteiger partial charge in [-0.1, -0.05) is 17.3 Å². The van der Waals surface area contributed by atoms with Gasteiger partial charge in [-0.25, -0.2) is 9.97 Å². The summed E-state index contributed by atoms with van der Waals surface area (Å²) in [4.78, 5) is 24.8. The third-order valence-corrected chi connectivity index (χ3v) is 8.13. The lowest BCUT2D eigenvalue weighted by Gasteiger charge is -2.32.